The Labute approximate surface area is 99.3 Å². The molecule has 1 fully saturated rings. The summed E-state index contributed by atoms with van der Waals surface area (Å²) in [6.07, 6.45) is 2.57. The van der Waals surface area contributed by atoms with Crippen LogP contribution in [-0.2, 0) is 11.0 Å². The summed E-state index contributed by atoms with van der Waals surface area (Å²) in [5.41, 5.74) is 3.46. The highest BCUT2D eigenvalue weighted by atomic mass is 15.0. The highest BCUT2D eigenvalue weighted by Gasteiger charge is 2.43. The molecule has 1 aromatic carbocycles. The van der Waals surface area contributed by atoms with Gasteiger partial charge in [0.1, 0.15) is 0 Å². The van der Waals surface area contributed by atoms with Gasteiger partial charge in [-0.3, -0.25) is 0 Å². The zero-order valence-electron chi connectivity index (χ0n) is 10.9. The lowest BCUT2D eigenvalue weighted by Crippen LogP contribution is -2.28. The van der Waals surface area contributed by atoms with Crippen molar-refractivity contribution in [1.82, 2.24) is 5.32 Å². The average molecular weight is 217 g/mol. The minimum Gasteiger partial charge on any atom is -0.308 e. The third-order valence-electron chi connectivity index (χ3n) is 3.55. The van der Waals surface area contributed by atoms with E-state index in [1.165, 1.54) is 24.0 Å². The summed E-state index contributed by atoms with van der Waals surface area (Å²) in [7, 11) is 0. The fourth-order valence-corrected chi connectivity index (χ4v) is 2.31. The lowest BCUT2D eigenvalue weighted by molar-refractivity contribution is 0.534. The number of nitrogens with one attached hydrogen (secondary N) is 1. The molecule has 0 saturated heterocycles. The van der Waals surface area contributed by atoms with Gasteiger partial charge in [-0.2, -0.15) is 0 Å². The van der Waals surface area contributed by atoms with Crippen LogP contribution >= 0.6 is 0 Å². The first-order chi connectivity index (χ1) is 7.48. The van der Waals surface area contributed by atoms with Crippen LogP contribution in [0.2, 0.25) is 0 Å². The van der Waals surface area contributed by atoms with Gasteiger partial charge >= 0.3 is 0 Å². The lowest BCUT2D eigenvalue weighted by atomic mass is 9.85. The van der Waals surface area contributed by atoms with Crippen LogP contribution in [0.5, 0.6) is 0 Å². The Kier molecular flexibility index (Phi) is 2.83. The molecule has 1 heteroatoms. The van der Waals surface area contributed by atoms with Crippen LogP contribution in [0.25, 0.3) is 0 Å². The summed E-state index contributed by atoms with van der Waals surface area (Å²) < 4.78 is 0. The molecule has 0 aliphatic heterocycles. The molecule has 1 aliphatic rings. The van der Waals surface area contributed by atoms with Crippen LogP contribution in [0.1, 0.15) is 51.7 Å². The second kappa shape index (κ2) is 3.89. The molecule has 0 aromatic heterocycles. The van der Waals surface area contributed by atoms with Gasteiger partial charge in [0, 0.05) is 5.54 Å². The summed E-state index contributed by atoms with van der Waals surface area (Å²) in [6.45, 7) is 10.1. The topological polar surface area (TPSA) is 12.0 Å². The van der Waals surface area contributed by atoms with Crippen molar-refractivity contribution in [1.29, 1.82) is 0 Å². The predicted molar refractivity (Wildman–Crippen MR) is 69.7 cm³/mol. The second-order valence-corrected chi connectivity index (χ2v) is 5.94. The molecule has 2 rings (SSSR count). The van der Waals surface area contributed by atoms with Crippen LogP contribution in [0.15, 0.2) is 24.3 Å². The Bertz CT molecular complexity index is 369. The van der Waals surface area contributed by atoms with Crippen molar-refractivity contribution < 1.29 is 0 Å². The van der Waals surface area contributed by atoms with Gasteiger partial charge in [-0.25, -0.2) is 0 Å². The van der Waals surface area contributed by atoms with Gasteiger partial charge in [0.05, 0.1) is 0 Å². The fraction of sp³-hybridized carbons (Fsp3) is 0.600. The molecule has 16 heavy (non-hydrogen) atoms. The molecular weight excluding hydrogens is 194 g/mol. The van der Waals surface area contributed by atoms with E-state index in [0.29, 0.717) is 5.54 Å². The number of hydrogen-bond acceptors (Lipinski definition) is 1. The maximum Gasteiger partial charge on any atom is 0.0436 e. The smallest absolute Gasteiger partial charge is 0.0436 e. The van der Waals surface area contributed by atoms with E-state index in [2.05, 4.69) is 57.3 Å². The van der Waals surface area contributed by atoms with E-state index in [-0.39, 0.29) is 5.41 Å². The zero-order valence-corrected chi connectivity index (χ0v) is 10.9. The molecule has 0 bridgehead atoms. The van der Waals surface area contributed by atoms with E-state index in [9.17, 15) is 0 Å². The molecule has 1 N–H and O–H groups in total. The first-order valence-electron chi connectivity index (χ1n) is 6.34. The molecule has 0 amide bonds. The average Bonchev–Trinajstić information content (AvgIpc) is 2.99. The van der Waals surface area contributed by atoms with E-state index < -0.39 is 0 Å². The standard InChI is InChI=1S/C15H23N/c1-5-16-15(9-10-15)13-8-6-7-12(11-13)14(2,3)4/h6-8,11,16H,5,9-10H2,1-4H3. The Morgan fingerprint density at radius 1 is 1.25 bits per heavy atom. The van der Waals surface area contributed by atoms with Gasteiger partial charge in [0.2, 0.25) is 0 Å². The minimum atomic E-state index is 0.248. The summed E-state index contributed by atoms with van der Waals surface area (Å²) in [5, 5.41) is 3.63. The highest BCUT2D eigenvalue weighted by Crippen LogP contribution is 2.46. The summed E-state index contributed by atoms with van der Waals surface area (Å²) in [4.78, 5) is 0. The van der Waals surface area contributed by atoms with Crippen molar-refractivity contribution in [3.05, 3.63) is 35.4 Å². The van der Waals surface area contributed by atoms with Crippen LogP contribution in [0.4, 0.5) is 0 Å². The van der Waals surface area contributed by atoms with Crippen LogP contribution in [0, 0.1) is 0 Å². The predicted octanol–water partition coefficient (Wildman–Crippen LogP) is 3.58. The quantitative estimate of drug-likeness (QED) is 0.816. The Morgan fingerprint density at radius 3 is 2.44 bits per heavy atom. The zero-order chi connectivity index (χ0) is 11.8. The largest absolute Gasteiger partial charge is 0.308 e. The molecule has 0 unspecified atom stereocenters. The van der Waals surface area contributed by atoms with E-state index in [0.717, 1.165) is 6.54 Å². The monoisotopic (exact) mass is 217 g/mol. The van der Waals surface area contributed by atoms with Gasteiger partial charge in [0.25, 0.3) is 0 Å². The SMILES string of the molecule is CCNC1(c2cccc(C(C)(C)C)c2)CC1. The molecule has 1 nitrogen and oxygen atoms in total. The first kappa shape index (κ1) is 11.7. The van der Waals surface area contributed by atoms with Gasteiger partial charge < -0.3 is 5.32 Å². The number of benzene rings is 1. The third kappa shape index (κ3) is 2.15. The van der Waals surface area contributed by atoms with Crippen LogP contribution < -0.4 is 5.32 Å². The van der Waals surface area contributed by atoms with Gasteiger partial charge in [-0.1, -0.05) is 52.0 Å². The van der Waals surface area contributed by atoms with E-state index >= 15 is 0 Å². The van der Waals surface area contributed by atoms with Crippen LogP contribution in [0.3, 0.4) is 0 Å². The summed E-state index contributed by atoms with van der Waals surface area (Å²) in [5.74, 6) is 0. The molecule has 0 radical (unpaired) electrons. The fourth-order valence-electron chi connectivity index (χ4n) is 2.31. The van der Waals surface area contributed by atoms with E-state index in [4.69, 9.17) is 0 Å². The van der Waals surface area contributed by atoms with Crippen molar-refractivity contribution in [2.24, 2.45) is 0 Å². The molecule has 0 spiro atoms. The molecule has 0 atom stereocenters. The van der Waals surface area contributed by atoms with Crippen molar-refractivity contribution in [2.75, 3.05) is 6.54 Å². The molecule has 1 aromatic rings. The number of rotatable bonds is 3. The maximum absolute atomic E-state index is 3.63. The third-order valence-corrected chi connectivity index (χ3v) is 3.55. The first-order valence-corrected chi connectivity index (χ1v) is 6.34. The van der Waals surface area contributed by atoms with Gasteiger partial charge in [0.15, 0.2) is 0 Å². The molecule has 0 heterocycles. The van der Waals surface area contributed by atoms with Crippen molar-refractivity contribution in [2.45, 2.75) is 51.5 Å². The van der Waals surface area contributed by atoms with Gasteiger partial charge in [-0.15, -0.1) is 0 Å². The van der Waals surface area contributed by atoms with Crippen molar-refractivity contribution in [3.63, 3.8) is 0 Å². The van der Waals surface area contributed by atoms with Gasteiger partial charge in [-0.05, 0) is 35.9 Å². The summed E-state index contributed by atoms with van der Waals surface area (Å²) in [6, 6.07) is 9.10. The Balaban J connectivity index is 2.30. The molecule has 1 saturated carbocycles. The summed E-state index contributed by atoms with van der Waals surface area (Å²) >= 11 is 0. The van der Waals surface area contributed by atoms with Crippen molar-refractivity contribution >= 4 is 0 Å². The van der Waals surface area contributed by atoms with Crippen molar-refractivity contribution in [3.8, 4) is 0 Å². The maximum atomic E-state index is 3.63. The minimum absolute atomic E-state index is 0.248. The van der Waals surface area contributed by atoms with E-state index in [1.807, 2.05) is 0 Å². The number of hydrogen-bond donors (Lipinski definition) is 1. The Hall–Kier alpha value is -0.820. The highest BCUT2D eigenvalue weighted by molar-refractivity contribution is 5.36. The van der Waals surface area contributed by atoms with E-state index in [1.54, 1.807) is 0 Å². The molecule has 88 valence electrons. The second-order valence-electron chi connectivity index (χ2n) is 5.94. The normalized spacial score (nSPS) is 18.5. The lowest BCUT2D eigenvalue weighted by Gasteiger charge is -2.23. The molecular formula is C15H23N. The molecule has 1 aliphatic carbocycles. The Morgan fingerprint density at radius 2 is 1.94 bits per heavy atom. The van der Waals surface area contributed by atoms with Crippen LogP contribution in [-0.4, -0.2) is 6.54 Å².